The van der Waals surface area contributed by atoms with Gasteiger partial charge in [-0.15, -0.1) is 11.8 Å². The summed E-state index contributed by atoms with van der Waals surface area (Å²) in [5.41, 5.74) is -2.38. The van der Waals surface area contributed by atoms with Crippen LogP contribution >= 0.6 is 11.8 Å². The van der Waals surface area contributed by atoms with Gasteiger partial charge in [0, 0.05) is 33.2 Å². The fourth-order valence-corrected chi connectivity index (χ4v) is 9.49. The van der Waals surface area contributed by atoms with Gasteiger partial charge in [0.1, 0.15) is 5.60 Å². The van der Waals surface area contributed by atoms with Crippen LogP contribution in [0.4, 0.5) is 13.2 Å². The van der Waals surface area contributed by atoms with Gasteiger partial charge in [0.2, 0.25) is 0 Å². The second kappa shape index (κ2) is 9.26. The van der Waals surface area contributed by atoms with Gasteiger partial charge in [-0.1, -0.05) is 31.6 Å². The lowest BCUT2D eigenvalue weighted by Crippen LogP contribution is -2.61. The number of nitrogens with zero attached hydrogens (tertiary/aromatic N) is 1. The lowest BCUT2D eigenvalue weighted by molar-refractivity contribution is -0.174. The van der Waals surface area contributed by atoms with Crippen molar-refractivity contribution in [1.82, 2.24) is 4.98 Å². The third-order valence-electron chi connectivity index (χ3n) is 10.5. The van der Waals surface area contributed by atoms with Gasteiger partial charge in [-0.05, 0) is 74.3 Å². The summed E-state index contributed by atoms with van der Waals surface area (Å²) in [7, 11) is 0. The van der Waals surface area contributed by atoms with E-state index in [0.29, 0.717) is 23.1 Å². The lowest BCUT2D eigenvalue weighted by Gasteiger charge is -2.59. The van der Waals surface area contributed by atoms with Crippen LogP contribution in [0.3, 0.4) is 0 Å². The zero-order valence-corrected chi connectivity index (χ0v) is 23.2. The molecule has 1 aromatic heterocycles. The Bertz CT molecular complexity index is 1470. The molecule has 7 atom stereocenters. The number of hydrogen-bond acceptors (Lipinski definition) is 6. The highest BCUT2D eigenvalue weighted by molar-refractivity contribution is 8.00. The maximum Gasteiger partial charge on any atom is 0.416 e. The van der Waals surface area contributed by atoms with E-state index in [2.05, 4.69) is 11.9 Å². The minimum atomic E-state index is -4.48. The molecule has 0 amide bonds. The number of benzene rings is 1. The van der Waals surface area contributed by atoms with E-state index in [1.165, 1.54) is 24.0 Å². The Morgan fingerprint density at radius 1 is 1.20 bits per heavy atom. The molecule has 2 N–H and O–H groups in total. The molecule has 4 aliphatic rings. The SMILES string of the molecule is CC12C=CC(=O)C=C1CCC1C2C(O)CC2(C)C1CC[C@]2(O)C(=O)CSc1ccnc2cc(C(F)(F)F)ccc12. The first-order valence-corrected chi connectivity index (χ1v) is 14.7. The lowest BCUT2D eigenvalue weighted by atomic mass is 9.46. The standard InChI is InChI=1S/C31H32F3NO4S/c1-28-10-7-19(36)13-17(28)3-5-20-22-8-11-30(39,29(22,2)15-24(37)27(20)28)26(38)16-40-25-9-12-35-23-14-18(31(32,33)34)4-6-21(23)25/h4,6-7,9-10,12-14,20,22,24,27,37,39H,3,5,8,11,15-16H2,1-2H3/t20?,22?,24?,27?,28?,29?,30-/m0/s1. The van der Waals surface area contributed by atoms with Crippen LogP contribution in [0.25, 0.3) is 10.9 Å². The van der Waals surface area contributed by atoms with Crippen LogP contribution < -0.4 is 0 Å². The van der Waals surface area contributed by atoms with Gasteiger partial charge in [-0.2, -0.15) is 13.2 Å². The summed E-state index contributed by atoms with van der Waals surface area (Å²) < 4.78 is 39.5. The number of ketones is 2. The largest absolute Gasteiger partial charge is 0.416 e. The monoisotopic (exact) mass is 571 g/mol. The second-order valence-corrected chi connectivity index (χ2v) is 13.4. The molecule has 9 heteroatoms. The number of aliphatic hydroxyl groups excluding tert-OH is 1. The Balaban J connectivity index is 1.24. The Morgan fingerprint density at radius 3 is 2.73 bits per heavy atom. The fraction of sp³-hybridized carbons (Fsp3) is 0.516. The number of rotatable bonds is 4. The van der Waals surface area contributed by atoms with Crippen molar-refractivity contribution in [3.8, 4) is 0 Å². The summed E-state index contributed by atoms with van der Waals surface area (Å²) in [5, 5.41) is 24.1. The van der Waals surface area contributed by atoms with Crippen molar-refractivity contribution in [1.29, 1.82) is 0 Å². The minimum absolute atomic E-state index is 0.0258. The molecular formula is C31H32F3NO4S. The van der Waals surface area contributed by atoms with Gasteiger partial charge >= 0.3 is 6.18 Å². The van der Waals surface area contributed by atoms with Crippen molar-refractivity contribution < 1.29 is 33.0 Å². The first-order chi connectivity index (χ1) is 18.8. The molecule has 0 saturated heterocycles. The molecular weight excluding hydrogens is 539 g/mol. The van der Waals surface area contributed by atoms with E-state index in [9.17, 15) is 33.0 Å². The van der Waals surface area contributed by atoms with Gasteiger partial charge in [0.15, 0.2) is 11.6 Å². The van der Waals surface area contributed by atoms with Crippen LogP contribution in [-0.4, -0.2) is 44.2 Å². The number of Topliss-reactive ketones (excluding diaryl/α,β-unsaturated/α-hetero) is 1. The molecule has 5 nitrogen and oxygen atoms in total. The molecule has 3 saturated carbocycles. The van der Waals surface area contributed by atoms with Crippen molar-refractivity contribution in [2.24, 2.45) is 28.6 Å². The van der Waals surface area contributed by atoms with Crippen molar-refractivity contribution in [2.75, 3.05) is 5.75 Å². The van der Waals surface area contributed by atoms with Crippen LogP contribution in [0, 0.1) is 28.6 Å². The highest BCUT2D eigenvalue weighted by atomic mass is 32.2. The molecule has 1 aromatic carbocycles. The van der Waals surface area contributed by atoms with E-state index in [0.717, 1.165) is 30.5 Å². The summed E-state index contributed by atoms with van der Waals surface area (Å²) in [6.45, 7) is 4.02. The molecule has 212 valence electrons. The van der Waals surface area contributed by atoms with Gasteiger partial charge in [0.05, 0.1) is 22.9 Å². The van der Waals surface area contributed by atoms with Crippen LogP contribution in [0.1, 0.15) is 51.5 Å². The first-order valence-electron chi connectivity index (χ1n) is 13.7. The minimum Gasteiger partial charge on any atom is -0.393 e. The predicted octanol–water partition coefficient (Wildman–Crippen LogP) is 5.92. The molecule has 0 aliphatic heterocycles. The Labute approximate surface area is 234 Å². The molecule has 6 rings (SSSR count). The number of carbonyl (C=O) groups is 2. The van der Waals surface area contributed by atoms with Crippen molar-refractivity contribution in [2.45, 2.75) is 68.7 Å². The fourth-order valence-electron chi connectivity index (χ4n) is 8.48. The Hall–Kier alpha value is -2.49. The number of fused-ring (bicyclic) bond motifs is 6. The summed E-state index contributed by atoms with van der Waals surface area (Å²) in [5.74, 6) is -0.329. The summed E-state index contributed by atoms with van der Waals surface area (Å²) >= 11 is 1.19. The highest BCUT2D eigenvalue weighted by Crippen LogP contribution is 2.67. The Morgan fingerprint density at radius 2 is 1.98 bits per heavy atom. The van der Waals surface area contributed by atoms with Crippen molar-refractivity contribution >= 4 is 34.2 Å². The van der Waals surface area contributed by atoms with Crippen molar-refractivity contribution in [3.63, 3.8) is 0 Å². The molecule has 1 heterocycles. The predicted molar refractivity (Wildman–Crippen MR) is 145 cm³/mol. The van der Waals surface area contributed by atoms with Gasteiger partial charge < -0.3 is 10.2 Å². The maximum atomic E-state index is 13.7. The zero-order valence-electron chi connectivity index (χ0n) is 22.4. The molecule has 3 fully saturated rings. The number of carbonyl (C=O) groups excluding carboxylic acids is 2. The number of aromatic nitrogens is 1. The normalized spacial score (nSPS) is 37.1. The van der Waals surface area contributed by atoms with Crippen LogP contribution in [0.2, 0.25) is 0 Å². The summed E-state index contributed by atoms with van der Waals surface area (Å²) in [6, 6.07) is 5.05. The highest BCUT2D eigenvalue weighted by Gasteiger charge is 2.68. The van der Waals surface area contributed by atoms with E-state index < -0.39 is 34.3 Å². The quantitative estimate of drug-likeness (QED) is 0.443. The van der Waals surface area contributed by atoms with E-state index in [1.54, 1.807) is 18.2 Å². The molecule has 2 aromatic rings. The smallest absolute Gasteiger partial charge is 0.393 e. The van der Waals surface area contributed by atoms with Crippen LogP contribution in [0.15, 0.2) is 59.2 Å². The average molecular weight is 572 g/mol. The summed E-state index contributed by atoms with van der Waals surface area (Å²) in [6.07, 6.45) is 4.25. The number of alkyl halides is 3. The second-order valence-electron chi connectivity index (χ2n) is 12.4. The zero-order chi connectivity index (χ0) is 28.7. The number of hydrogen-bond donors (Lipinski definition) is 2. The van der Waals surface area contributed by atoms with Crippen LogP contribution in [-0.2, 0) is 15.8 Å². The molecule has 0 bridgehead atoms. The molecule has 40 heavy (non-hydrogen) atoms. The molecule has 0 radical (unpaired) electrons. The Kier molecular flexibility index (Phi) is 6.41. The first kappa shape index (κ1) is 27.7. The number of aliphatic hydroxyl groups is 2. The van der Waals surface area contributed by atoms with Crippen LogP contribution in [0.5, 0.6) is 0 Å². The van der Waals surface area contributed by atoms with Gasteiger partial charge in [-0.3, -0.25) is 14.6 Å². The third kappa shape index (κ3) is 4.02. The van der Waals surface area contributed by atoms with Crippen molar-refractivity contribution in [3.05, 3.63) is 59.8 Å². The van der Waals surface area contributed by atoms with Gasteiger partial charge in [-0.25, -0.2) is 0 Å². The number of halogens is 3. The topological polar surface area (TPSA) is 87.5 Å². The number of thioether (sulfide) groups is 1. The molecule has 6 unspecified atom stereocenters. The molecule has 4 aliphatic carbocycles. The van der Waals surface area contributed by atoms with E-state index in [1.807, 2.05) is 13.0 Å². The third-order valence-corrected chi connectivity index (χ3v) is 11.6. The average Bonchev–Trinajstić information content (AvgIpc) is 3.17. The van der Waals surface area contributed by atoms with E-state index >= 15 is 0 Å². The number of allylic oxidation sites excluding steroid dienone is 4. The maximum absolute atomic E-state index is 13.7. The van der Waals surface area contributed by atoms with E-state index in [-0.39, 0.29) is 47.0 Å². The van der Waals surface area contributed by atoms with Gasteiger partial charge in [0.25, 0.3) is 0 Å². The van der Waals surface area contributed by atoms with E-state index in [4.69, 9.17) is 0 Å². The summed E-state index contributed by atoms with van der Waals surface area (Å²) in [4.78, 5) is 30.5. The number of pyridine rings is 1. The molecule has 0 spiro atoms.